The predicted octanol–water partition coefficient (Wildman–Crippen LogP) is 3.63. The largest absolute Gasteiger partial charge is 0.382 e. The molecule has 5 nitrogen and oxygen atoms in total. The number of rotatable bonds is 10. The Balaban J connectivity index is 0.00000338. The summed E-state index contributed by atoms with van der Waals surface area (Å²) < 4.78 is 5.62. The van der Waals surface area contributed by atoms with Crippen LogP contribution in [0.2, 0.25) is 0 Å². The zero-order valence-corrected chi connectivity index (χ0v) is 19.4. The average Bonchev–Trinajstić information content (AvgIpc) is 3.10. The van der Waals surface area contributed by atoms with Gasteiger partial charge < -0.3 is 20.3 Å². The maximum absolute atomic E-state index is 5.62. The highest BCUT2D eigenvalue weighted by Gasteiger charge is 2.33. The molecule has 1 aliphatic carbocycles. The Labute approximate surface area is 178 Å². The maximum Gasteiger partial charge on any atom is 0.191 e. The number of ether oxygens (including phenoxy) is 1. The van der Waals surface area contributed by atoms with Gasteiger partial charge in [0.15, 0.2) is 5.96 Å². The smallest absolute Gasteiger partial charge is 0.191 e. The third-order valence-electron chi connectivity index (χ3n) is 5.73. The Morgan fingerprint density at radius 2 is 1.77 bits per heavy atom. The van der Waals surface area contributed by atoms with Crippen molar-refractivity contribution in [3.63, 3.8) is 0 Å². The molecule has 0 aromatic carbocycles. The van der Waals surface area contributed by atoms with Crippen LogP contribution in [-0.4, -0.2) is 63.3 Å². The van der Waals surface area contributed by atoms with Crippen LogP contribution >= 0.6 is 24.0 Å². The number of likely N-dealkylation sites (tertiary alicyclic amines) is 1. The van der Waals surface area contributed by atoms with E-state index >= 15 is 0 Å². The summed E-state index contributed by atoms with van der Waals surface area (Å²) in [5.41, 5.74) is 0.365. The Bertz CT molecular complexity index is 380. The molecule has 1 saturated heterocycles. The zero-order chi connectivity index (χ0) is 17.8. The van der Waals surface area contributed by atoms with Crippen LogP contribution in [0.25, 0.3) is 0 Å². The molecule has 1 saturated carbocycles. The van der Waals surface area contributed by atoms with Crippen molar-refractivity contribution in [2.24, 2.45) is 10.4 Å². The van der Waals surface area contributed by atoms with E-state index in [9.17, 15) is 0 Å². The van der Waals surface area contributed by atoms with Gasteiger partial charge >= 0.3 is 0 Å². The summed E-state index contributed by atoms with van der Waals surface area (Å²) in [6.07, 6.45) is 10.6. The fourth-order valence-electron chi connectivity index (χ4n) is 4.15. The van der Waals surface area contributed by atoms with Crippen molar-refractivity contribution in [1.82, 2.24) is 15.5 Å². The molecule has 0 spiro atoms. The van der Waals surface area contributed by atoms with Gasteiger partial charge in [0.2, 0.25) is 0 Å². The number of halogens is 1. The van der Waals surface area contributed by atoms with Gasteiger partial charge in [-0.25, -0.2) is 0 Å². The molecule has 26 heavy (non-hydrogen) atoms. The molecule has 0 bridgehead atoms. The average molecular weight is 480 g/mol. The van der Waals surface area contributed by atoms with Gasteiger partial charge in [-0.15, -0.1) is 24.0 Å². The summed E-state index contributed by atoms with van der Waals surface area (Å²) in [7, 11) is 0. The lowest BCUT2D eigenvalue weighted by molar-refractivity contribution is 0.107. The maximum atomic E-state index is 5.62. The van der Waals surface area contributed by atoms with Crippen molar-refractivity contribution in [1.29, 1.82) is 0 Å². The second-order valence-corrected chi connectivity index (χ2v) is 7.68. The predicted molar refractivity (Wildman–Crippen MR) is 122 cm³/mol. The van der Waals surface area contributed by atoms with Crippen LogP contribution in [0.3, 0.4) is 0 Å². The molecular formula is C20H41IN4O. The molecule has 0 aromatic heterocycles. The van der Waals surface area contributed by atoms with Crippen LogP contribution in [0.4, 0.5) is 0 Å². The first-order valence-corrected chi connectivity index (χ1v) is 10.6. The molecule has 0 amide bonds. The normalized spacial score (nSPS) is 20.6. The summed E-state index contributed by atoms with van der Waals surface area (Å²) in [5.74, 6) is 0.988. The van der Waals surface area contributed by atoms with E-state index in [1.807, 2.05) is 0 Å². The zero-order valence-electron chi connectivity index (χ0n) is 17.0. The van der Waals surface area contributed by atoms with Crippen LogP contribution in [0.1, 0.15) is 65.2 Å². The first-order chi connectivity index (χ1) is 12.3. The summed E-state index contributed by atoms with van der Waals surface area (Å²) in [4.78, 5) is 7.52. The van der Waals surface area contributed by atoms with E-state index in [4.69, 9.17) is 9.73 Å². The number of aliphatic imine (C=N–C) groups is 1. The van der Waals surface area contributed by atoms with E-state index in [0.29, 0.717) is 5.41 Å². The molecule has 0 atom stereocenters. The van der Waals surface area contributed by atoms with Crippen LogP contribution in [0.15, 0.2) is 4.99 Å². The highest BCUT2D eigenvalue weighted by atomic mass is 127. The van der Waals surface area contributed by atoms with Crippen LogP contribution < -0.4 is 10.6 Å². The minimum atomic E-state index is 0. The summed E-state index contributed by atoms with van der Waals surface area (Å²) >= 11 is 0. The molecule has 0 unspecified atom stereocenters. The Kier molecular flexibility index (Phi) is 12.9. The highest BCUT2D eigenvalue weighted by Crippen LogP contribution is 2.41. The molecule has 2 fully saturated rings. The third-order valence-corrected chi connectivity index (χ3v) is 5.73. The van der Waals surface area contributed by atoms with E-state index in [1.54, 1.807) is 0 Å². The molecular weight excluding hydrogens is 439 g/mol. The van der Waals surface area contributed by atoms with Crippen molar-refractivity contribution in [2.75, 3.05) is 52.5 Å². The van der Waals surface area contributed by atoms with E-state index in [1.165, 1.54) is 58.0 Å². The van der Waals surface area contributed by atoms with Crippen molar-refractivity contribution < 1.29 is 4.74 Å². The molecule has 2 rings (SSSR count). The molecule has 6 heteroatoms. The fourth-order valence-corrected chi connectivity index (χ4v) is 4.15. The van der Waals surface area contributed by atoms with E-state index < -0.39 is 0 Å². The molecule has 2 aliphatic rings. The van der Waals surface area contributed by atoms with Gasteiger partial charge in [0, 0.05) is 39.4 Å². The number of nitrogens with one attached hydrogen (secondary N) is 2. The molecule has 1 heterocycles. The van der Waals surface area contributed by atoms with Crippen molar-refractivity contribution in [3.05, 3.63) is 0 Å². The third kappa shape index (κ3) is 8.74. The second kappa shape index (κ2) is 14.0. The number of hydrogen-bond donors (Lipinski definition) is 2. The number of guanidine groups is 1. The molecule has 154 valence electrons. The fraction of sp³-hybridized carbons (Fsp3) is 0.950. The van der Waals surface area contributed by atoms with E-state index in [2.05, 4.69) is 29.4 Å². The van der Waals surface area contributed by atoms with Gasteiger partial charge in [-0.3, -0.25) is 4.99 Å². The van der Waals surface area contributed by atoms with Gasteiger partial charge in [-0.2, -0.15) is 0 Å². The van der Waals surface area contributed by atoms with Gasteiger partial charge in [0.1, 0.15) is 0 Å². The molecule has 2 N–H and O–H groups in total. The minimum absolute atomic E-state index is 0. The van der Waals surface area contributed by atoms with Gasteiger partial charge in [0.05, 0.1) is 0 Å². The minimum Gasteiger partial charge on any atom is -0.382 e. The standard InChI is InChI=1S/C20H40N4O.HI/c1-3-21-19(22-13-16-24-14-8-5-9-15-24)23-18-20(10-6-7-11-20)12-17-25-4-2;/h3-18H2,1-2H3,(H2,21,22,23);1H. The molecule has 1 aliphatic heterocycles. The number of nitrogens with zero attached hydrogens (tertiary/aromatic N) is 2. The monoisotopic (exact) mass is 480 g/mol. The molecule has 0 radical (unpaired) electrons. The lowest BCUT2D eigenvalue weighted by Gasteiger charge is -2.28. The summed E-state index contributed by atoms with van der Waals surface area (Å²) in [6, 6.07) is 0. The van der Waals surface area contributed by atoms with Gasteiger partial charge in [0.25, 0.3) is 0 Å². The lowest BCUT2D eigenvalue weighted by Crippen LogP contribution is -2.43. The van der Waals surface area contributed by atoms with E-state index in [0.717, 1.165) is 51.8 Å². The summed E-state index contributed by atoms with van der Waals surface area (Å²) in [6.45, 7) is 12.4. The SMILES string of the molecule is CCNC(=NCC1(CCOCC)CCCC1)NCCN1CCCCC1.I. The highest BCUT2D eigenvalue weighted by molar-refractivity contribution is 14.0. The van der Waals surface area contributed by atoms with Gasteiger partial charge in [-0.05, 0) is 64.5 Å². The lowest BCUT2D eigenvalue weighted by atomic mass is 9.83. The first-order valence-electron chi connectivity index (χ1n) is 10.6. The van der Waals surface area contributed by atoms with Gasteiger partial charge in [-0.1, -0.05) is 19.3 Å². The molecule has 0 aromatic rings. The van der Waals surface area contributed by atoms with E-state index in [-0.39, 0.29) is 24.0 Å². The second-order valence-electron chi connectivity index (χ2n) is 7.68. The Morgan fingerprint density at radius 3 is 2.42 bits per heavy atom. The first kappa shape index (κ1) is 24.0. The van der Waals surface area contributed by atoms with Crippen molar-refractivity contribution in [3.8, 4) is 0 Å². The van der Waals surface area contributed by atoms with Crippen molar-refractivity contribution >= 4 is 29.9 Å². The number of hydrogen-bond acceptors (Lipinski definition) is 3. The Morgan fingerprint density at radius 1 is 1.04 bits per heavy atom. The Hall–Kier alpha value is -0.0800. The van der Waals surface area contributed by atoms with Crippen LogP contribution in [-0.2, 0) is 4.74 Å². The van der Waals surface area contributed by atoms with Crippen molar-refractivity contribution in [2.45, 2.75) is 65.2 Å². The van der Waals surface area contributed by atoms with Crippen LogP contribution in [0.5, 0.6) is 0 Å². The number of piperidine rings is 1. The topological polar surface area (TPSA) is 48.9 Å². The quantitative estimate of drug-likeness (QED) is 0.217. The van der Waals surface area contributed by atoms with Crippen LogP contribution in [0, 0.1) is 5.41 Å². The summed E-state index contributed by atoms with van der Waals surface area (Å²) in [5, 5.41) is 6.96.